The van der Waals surface area contributed by atoms with Crippen molar-refractivity contribution in [3.63, 3.8) is 0 Å². The lowest BCUT2D eigenvalue weighted by Gasteiger charge is -2.03. The number of anilines is 1. The van der Waals surface area contributed by atoms with E-state index in [4.69, 9.17) is 9.47 Å². The first-order valence-electron chi connectivity index (χ1n) is 6.20. The molecule has 0 atom stereocenters. The quantitative estimate of drug-likeness (QED) is 0.707. The second-order valence-electron chi connectivity index (χ2n) is 4.25. The van der Waals surface area contributed by atoms with Crippen LogP contribution in [0.2, 0.25) is 0 Å². The number of amides is 1. The number of thiophene rings is 1. The van der Waals surface area contributed by atoms with E-state index in [-0.39, 0.29) is 5.91 Å². The standard InChI is InChI=1S/C14H11BrN2O3S2/c1-19-7-5-8(20-2)12-10(6-7)22-14(16-12)17-13(18)9-3-4-11(15)21-9/h3-6H,1-2H3,(H,16,17,18). The average molecular weight is 399 g/mol. The number of thiazole rings is 1. The molecule has 0 radical (unpaired) electrons. The molecule has 1 aromatic carbocycles. The highest BCUT2D eigenvalue weighted by atomic mass is 79.9. The van der Waals surface area contributed by atoms with Crippen LogP contribution in [-0.2, 0) is 0 Å². The molecule has 1 N–H and O–H groups in total. The molecule has 2 aromatic heterocycles. The third kappa shape index (κ3) is 2.94. The van der Waals surface area contributed by atoms with Crippen molar-refractivity contribution in [2.45, 2.75) is 0 Å². The van der Waals surface area contributed by atoms with Gasteiger partial charge in [0.25, 0.3) is 5.91 Å². The second kappa shape index (κ2) is 6.23. The van der Waals surface area contributed by atoms with Gasteiger partial charge >= 0.3 is 0 Å². The molecule has 2 heterocycles. The number of halogens is 1. The Bertz CT molecular complexity index is 844. The van der Waals surface area contributed by atoms with Crippen LogP contribution in [0.3, 0.4) is 0 Å². The van der Waals surface area contributed by atoms with Crippen LogP contribution in [0.25, 0.3) is 10.2 Å². The predicted octanol–water partition coefficient (Wildman–Crippen LogP) is 4.39. The zero-order chi connectivity index (χ0) is 15.7. The largest absolute Gasteiger partial charge is 0.497 e. The highest BCUT2D eigenvalue weighted by Crippen LogP contribution is 2.36. The molecule has 0 aliphatic carbocycles. The summed E-state index contributed by atoms with van der Waals surface area (Å²) in [7, 11) is 3.17. The van der Waals surface area contributed by atoms with Crippen LogP contribution in [0.1, 0.15) is 9.67 Å². The molecule has 3 rings (SSSR count). The molecule has 0 saturated carbocycles. The number of fused-ring (bicyclic) bond motifs is 1. The van der Waals surface area contributed by atoms with Crippen molar-refractivity contribution in [2.24, 2.45) is 0 Å². The van der Waals surface area contributed by atoms with Crippen LogP contribution in [0.5, 0.6) is 11.5 Å². The fourth-order valence-corrected chi connectivity index (χ4v) is 4.08. The molecule has 0 unspecified atom stereocenters. The maximum atomic E-state index is 12.2. The highest BCUT2D eigenvalue weighted by Gasteiger charge is 2.15. The van der Waals surface area contributed by atoms with Crippen molar-refractivity contribution in [1.82, 2.24) is 4.98 Å². The van der Waals surface area contributed by atoms with Gasteiger partial charge in [-0.2, -0.15) is 0 Å². The van der Waals surface area contributed by atoms with Gasteiger partial charge in [0, 0.05) is 6.07 Å². The highest BCUT2D eigenvalue weighted by molar-refractivity contribution is 9.11. The van der Waals surface area contributed by atoms with Crippen molar-refractivity contribution in [1.29, 1.82) is 0 Å². The van der Waals surface area contributed by atoms with E-state index in [2.05, 4.69) is 26.2 Å². The molecule has 0 bridgehead atoms. The lowest BCUT2D eigenvalue weighted by molar-refractivity contribution is 0.103. The fourth-order valence-electron chi connectivity index (χ4n) is 1.90. The number of methoxy groups -OCH3 is 2. The number of hydrogen-bond acceptors (Lipinski definition) is 6. The van der Waals surface area contributed by atoms with Gasteiger partial charge in [-0.15, -0.1) is 11.3 Å². The Labute approximate surface area is 143 Å². The predicted molar refractivity (Wildman–Crippen MR) is 92.7 cm³/mol. The minimum atomic E-state index is -0.180. The number of hydrogen-bond donors (Lipinski definition) is 1. The number of benzene rings is 1. The number of aromatic nitrogens is 1. The summed E-state index contributed by atoms with van der Waals surface area (Å²) in [6.07, 6.45) is 0. The summed E-state index contributed by atoms with van der Waals surface area (Å²) in [5, 5.41) is 3.34. The summed E-state index contributed by atoms with van der Waals surface area (Å²) in [5.41, 5.74) is 0.705. The minimum Gasteiger partial charge on any atom is -0.497 e. The Morgan fingerprint density at radius 3 is 2.68 bits per heavy atom. The third-order valence-electron chi connectivity index (χ3n) is 2.91. The molecular formula is C14H11BrN2O3S2. The van der Waals surface area contributed by atoms with Gasteiger partial charge in [-0.05, 0) is 34.1 Å². The van der Waals surface area contributed by atoms with Gasteiger partial charge in [0.15, 0.2) is 5.13 Å². The molecule has 8 heteroatoms. The molecule has 0 fully saturated rings. The summed E-state index contributed by atoms with van der Waals surface area (Å²) >= 11 is 6.09. The smallest absolute Gasteiger partial charge is 0.267 e. The summed E-state index contributed by atoms with van der Waals surface area (Å²) in [5.74, 6) is 1.12. The second-order valence-corrected chi connectivity index (χ2v) is 7.75. The molecule has 22 heavy (non-hydrogen) atoms. The Kier molecular flexibility index (Phi) is 4.32. The Balaban J connectivity index is 1.93. The maximum absolute atomic E-state index is 12.2. The van der Waals surface area contributed by atoms with Crippen molar-refractivity contribution >= 4 is 59.9 Å². The fraction of sp³-hybridized carbons (Fsp3) is 0.143. The van der Waals surface area contributed by atoms with Crippen molar-refractivity contribution < 1.29 is 14.3 Å². The van der Waals surface area contributed by atoms with Gasteiger partial charge in [-0.1, -0.05) is 11.3 Å². The number of nitrogens with zero attached hydrogens (tertiary/aromatic N) is 1. The summed E-state index contributed by atoms with van der Waals surface area (Å²) in [4.78, 5) is 17.2. The van der Waals surface area contributed by atoms with E-state index >= 15 is 0 Å². The molecule has 1 amide bonds. The van der Waals surface area contributed by atoms with Crippen LogP contribution in [0, 0.1) is 0 Å². The normalized spacial score (nSPS) is 10.7. The maximum Gasteiger partial charge on any atom is 0.267 e. The Morgan fingerprint density at radius 2 is 2.05 bits per heavy atom. The number of carbonyl (C=O) groups is 1. The summed E-state index contributed by atoms with van der Waals surface area (Å²) < 4.78 is 12.4. The van der Waals surface area contributed by atoms with Crippen molar-refractivity contribution in [3.05, 3.63) is 32.9 Å². The van der Waals surface area contributed by atoms with Gasteiger partial charge in [0.1, 0.15) is 17.0 Å². The van der Waals surface area contributed by atoms with E-state index < -0.39 is 0 Å². The minimum absolute atomic E-state index is 0.180. The summed E-state index contributed by atoms with van der Waals surface area (Å²) in [6, 6.07) is 7.24. The van der Waals surface area contributed by atoms with E-state index in [1.165, 1.54) is 22.7 Å². The molecule has 0 aliphatic heterocycles. The first-order chi connectivity index (χ1) is 10.6. The topological polar surface area (TPSA) is 60.5 Å². The number of nitrogens with one attached hydrogen (secondary N) is 1. The molecule has 0 spiro atoms. The van der Waals surface area contributed by atoms with Crippen LogP contribution in [-0.4, -0.2) is 25.1 Å². The van der Waals surface area contributed by atoms with E-state index in [0.29, 0.717) is 27.0 Å². The molecule has 3 aromatic rings. The molecule has 5 nitrogen and oxygen atoms in total. The van der Waals surface area contributed by atoms with Gasteiger partial charge in [-0.25, -0.2) is 4.98 Å². The number of ether oxygens (including phenoxy) is 2. The SMILES string of the molecule is COc1cc(OC)c2nc(NC(=O)c3ccc(Br)s3)sc2c1. The van der Waals surface area contributed by atoms with E-state index in [1.807, 2.05) is 12.1 Å². The lowest BCUT2D eigenvalue weighted by atomic mass is 10.3. The monoisotopic (exact) mass is 398 g/mol. The molecule has 114 valence electrons. The first-order valence-corrected chi connectivity index (χ1v) is 8.62. The van der Waals surface area contributed by atoms with Crippen LogP contribution >= 0.6 is 38.6 Å². The summed E-state index contributed by atoms with van der Waals surface area (Å²) in [6.45, 7) is 0. The molecule has 0 aliphatic rings. The van der Waals surface area contributed by atoms with Gasteiger partial charge < -0.3 is 9.47 Å². The van der Waals surface area contributed by atoms with E-state index in [9.17, 15) is 4.79 Å². The molecule has 0 saturated heterocycles. The van der Waals surface area contributed by atoms with E-state index in [1.54, 1.807) is 26.4 Å². The first kappa shape index (κ1) is 15.3. The van der Waals surface area contributed by atoms with Gasteiger partial charge in [-0.3, -0.25) is 10.1 Å². The lowest BCUT2D eigenvalue weighted by Crippen LogP contribution is -2.09. The van der Waals surface area contributed by atoms with Crippen LogP contribution in [0.15, 0.2) is 28.1 Å². The Morgan fingerprint density at radius 1 is 1.23 bits per heavy atom. The van der Waals surface area contributed by atoms with Gasteiger partial charge in [0.2, 0.25) is 0 Å². The number of carbonyl (C=O) groups excluding carboxylic acids is 1. The van der Waals surface area contributed by atoms with Gasteiger partial charge in [0.05, 0.1) is 27.6 Å². The van der Waals surface area contributed by atoms with Crippen LogP contribution < -0.4 is 14.8 Å². The number of rotatable bonds is 4. The van der Waals surface area contributed by atoms with Crippen molar-refractivity contribution in [3.8, 4) is 11.5 Å². The van der Waals surface area contributed by atoms with E-state index in [0.717, 1.165) is 8.49 Å². The Hall–Kier alpha value is -1.64. The average Bonchev–Trinajstić information content (AvgIpc) is 3.11. The third-order valence-corrected chi connectivity index (χ3v) is 5.45. The zero-order valence-corrected chi connectivity index (χ0v) is 14.9. The van der Waals surface area contributed by atoms with Crippen LogP contribution in [0.4, 0.5) is 5.13 Å². The molecular weight excluding hydrogens is 388 g/mol. The van der Waals surface area contributed by atoms with Crippen molar-refractivity contribution in [2.75, 3.05) is 19.5 Å². The zero-order valence-electron chi connectivity index (χ0n) is 11.7.